The SMILES string of the molecule is N#Cc1c(N)nc(N)nc1-c1cc([N+](=O)[O-])ccc1Br. The summed E-state index contributed by atoms with van der Waals surface area (Å²) in [7, 11) is 0. The van der Waals surface area contributed by atoms with E-state index in [4.69, 9.17) is 16.7 Å². The highest BCUT2D eigenvalue weighted by atomic mass is 79.9. The first-order chi connectivity index (χ1) is 9.43. The van der Waals surface area contributed by atoms with Gasteiger partial charge in [-0.2, -0.15) is 10.2 Å². The summed E-state index contributed by atoms with van der Waals surface area (Å²) >= 11 is 3.25. The number of nitrogen functional groups attached to an aromatic ring is 2. The zero-order valence-corrected chi connectivity index (χ0v) is 11.5. The van der Waals surface area contributed by atoms with Crippen molar-refractivity contribution >= 4 is 33.4 Å². The molecule has 1 aromatic heterocycles. The minimum Gasteiger partial charge on any atom is -0.382 e. The van der Waals surface area contributed by atoms with E-state index in [0.29, 0.717) is 10.0 Å². The Kier molecular flexibility index (Phi) is 3.49. The van der Waals surface area contributed by atoms with E-state index in [1.165, 1.54) is 18.2 Å². The van der Waals surface area contributed by atoms with E-state index < -0.39 is 4.92 Å². The molecule has 0 spiro atoms. The van der Waals surface area contributed by atoms with Gasteiger partial charge in [0.15, 0.2) is 0 Å². The number of nitro groups is 1. The monoisotopic (exact) mass is 334 g/mol. The Bertz CT molecular complexity index is 755. The minimum atomic E-state index is -0.546. The molecule has 0 atom stereocenters. The lowest BCUT2D eigenvalue weighted by atomic mass is 10.1. The molecule has 8 nitrogen and oxygen atoms in total. The van der Waals surface area contributed by atoms with Crippen LogP contribution in [0, 0.1) is 21.4 Å². The Morgan fingerprint density at radius 3 is 2.65 bits per heavy atom. The van der Waals surface area contributed by atoms with Gasteiger partial charge in [0.1, 0.15) is 17.5 Å². The fourth-order valence-electron chi connectivity index (χ4n) is 1.61. The molecule has 0 aliphatic rings. The molecule has 0 amide bonds. The van der Waals surface area contributed by atoms with Crippen LogP contribution in [-0.4, -0.2) is 14.9 Å². The molecule has 0 saturated heterocycles. The maximum Gasteiger partial charge on any atom is 0.270 e. The fourth-order valence-corrected chi connectivity index (χ4v) is 2.04. The third kappa shape index (κ3) is 2.36. The topological polar surface area (TPSA) is 145 Å². The fraction of sp³-hybridized carbons (Fsp3) is 0. The molecule has 0 aliphatic heterocycles. The van der Waals surface area contributed by atoms with Crippen molar-refractivity contribution in [3.8, 4) is 17.3 Å². The van der Waals surface area contributed by atoms with Crippen LogP contribution in [0.25, 0.3) is 11.3 Å². The number of nitrogens with two attached hydrogens (primary N) is 2. The molecular weight excluding hydrogens is 328 g/mol. The average Bonchev–Trinajstić information content (AvgIpc) is 2.38. The Hall–Kier alpha value is -2.73. The molecule has 20 heavy (non-hydrogen) atoms. The standard InChI is InChI=1S/C11H7BrN6O2/c12-8-2-1-5(18(19)20)3-6(8)9-7(4-13)10(14)17-11(15)16-9/h1-3H,(H4,14,15,16,17). The summed E-state index contributed by atoms with van der Waals surface area (Å²) in [6, 6.07) is 5.97. The predicted molar refractivity (Wildman–Crippen MR) is 75.4 cm³/mol. The van der Waals surface area contributed by atoms with Crippen molar-refractivity contribution in [2.45, 2.75) is 0 Å². The predicted octanol–water partition coefficient (Wildman–Crippen LogP) is 1.85. The number of nitro benzene ring substituents is 1. The second-order valence-electron chi connectivity index (χ2n) is 3.72. The van der Waals surface area contributed by atoms with Gasteiger partial charge >= 0.3 is 0 Å². The van der Waals surface area contributed by atoms with Crippen LogP contribution < -0.4 is 11.5 Å². The number of halogens is 1. The number of aromatic nitrogens is 2. The van der Waals surface area contributed by atoms with E-state index in [9.17, 15) is 10.1 Å². The summed E-state index contributed by atoms with van der Waals surface area (Å²) in [6.45, 7) is 0. The van der Waals surface area contributed by atoms with Crippen LogP contribution in [0.4, 0.5) is 17.5 Å². The lowest BCUT2D eigenvalue weighted by Gasteiger charge is -2.08. The number of hydrogen-bond acceptors (Lipinski definition) is 7. The van der Waals surface area contributed by atoms with Crippen LogP contribution in [0.5, 0.6) is 0 Å². The van der Waals surface area contributed by atoms with Crippen molar-refractivity contribution in [3.05, 3.63) is 38.3 Å². The smallest absolute Gasteiger partial charge is 0.270 e. The summed E-state index contributed by atoms with van der Waals surface area (Å²) < 4.78 is 0.525. The van der Waals surface area contributed by atoms with Gasteiger partial charge in [0, 0.05) is 22.2 Å². The summed E-state index contributed by atoms with van der Waals surface area (Å²) in [5.74, 6) is -0.191. The zero-order valence-electron chi connectivity index (χ0n) is 9.87. The van der Waals surface area contributed by atoms with E-state index >= 15 is 0 Å². The molecule has 2 rings (SSSR count). The van der Waals surface area contributed by atoms with Crippen LogP contribution in [0.3, 0.4) is 0 Å². The average molecular weight is 335 g/mol. The molecule has 100 valence electrons. The first-order valence-electron chi connectivity index (χ1n) is 5.21. The van der Waals surface area contributed by atoms with Crippen LogP contribution in [0.15, 0.2) is 22.7 Å². The van der Waals surface area contributed by atoms with Crippen LogP contribution in [0.1, 0.15) is 5.56 Å². The summed E-state index contributed by atoms with van der Waals surface area (Å²) in [5.41, 5.74) is 11.5. The summed E-state index contributed by atoms with van der Waals surface area (Å²) in [4.78, 5) is 17.9. The van der Waals surface area contributed by atoms with E-state index in [-0.39, 0.29) is 28.7 Å². The first kappa shape index (κ1) is 13.7. The van der Waals surface area contributed by atoms with Crippen molar-refractivity contribution < 1.29 is 4.92 Å². The van der Waals surface area contributed by atoms with Crippen LogP contribution in [-0.2, 0) is 0 Å². The number of rotatable bonds is 2. The molecule has 1 aromatic carbocycles. The van der Waals surface area contributed by atoms with Gasteiger partial charge in [-0.1, -0.05) is 15.9 Å². The molecule has 0 bridgehead atoms. The Balaban J connectivity index is 2.77. The minimum absolute atomic E-state index is 0.0143. The lowest BCUT2D eigenvalue weighted by molar-refractivity contribution is -0.384. The van der Waals surface area contributed by atoms with E-state index in [0.717, 1.165) is 0 Å². The zero-order chi connectivity index (χ0) is 14.9. The molecule has 9 heteroatoms. The van der Waals surface area contributed by atoms with Crippen molar-refractivity contribution in [2.24, 2.45) is 0 Å². The quantitative estimate of drug-likeness (QED) is 0.629. The lowest BCUT2D eigenvalue weighted by Crippen LogP contribution is -2.05. The highest BCUT2D eigenvalue weighted by Crippen LogP contribution is 2.33. The highest BCUT2D eigenvalue weighted by molar-refractivity contribution is 9.10. The number of benzene rings is 1. The number of hydrogen-bond donors (Lipinski definition) is 2. The molecule has 2 aromatic rings. The third-order valence-electron chi connectivity index (χ3n) is 2.48. The summed E-state index contributed by atoms with van der Waals surface area (Å²) in [6.07, 6.45) is 0. The largest absolute Gasteiger partial charge is 0.382 e. The second-order valence-corrected chi connectivity index (χ2v) is 4.58. The van der Waals surface area contributed by atoms with Gasteiger partial charge in [-0.15, -0.1) is 0 Å². The molecule has 0 saturated carbocycles. The van der Waals surface area contributed by atoms with Crippen molar-refractivity contribution in [1.82, 2.24) is 9.97 Å². The van der Waals surface area contributed by atoms with Crippen LogP contribution in [0.2, 0.25) is 0 Å². The number of anilines is 2. The van der Waals surface area contributed by atoms with Crippen molar-refractivity contribution in [2.75, 3.05) is 11.5 Å². The molecule has 4 N–H and O–H groups in total. The third-order valence-corrected chi connectivity index (χ3v) is 3.17. The van der Waals surface area contributed by atoms with Gasteiger partial charge in [0.05, 0.1) is 10.6 Å². The second kappa shape index (κ2) is 5.10. The van der Waals surface area contributed by atoms with Gasteiger partial charge in [-0.25, -0.2) is 4.98 Å². The van der Waals surface area contributed by atoms with Crippen LogP contribution >= 0.6 is 15.9 Å². The Morgan fingerprint density at radius 2 is 2.05 bits per heavy atom. The molecule has 0 fully saturated rings. The number of nitrogens with zero attached hydrogens (tertiary/aromatic N) is 4. The van der Waals surface area contributed by atoms with Crippen molar-refractivity contribution in [1.29, 1.82) is 5.26 Å². The Labute approximate surface area is 121 Å². The maximum atomic E-state index is 10.8. The van der Waals surface area contributed by atoms with E-state index in [1.807, 2.05) is 6.07 Å². The molecule has 0 unspecified atom stereocenters. The normalized spacial score (nSPS) is 10.0. The number of nitriles is 1. The van der Waals surface area contributed by atoms with Gasteiger partial charge < -0.3 is 11.5 Å². The van der Waals surface area contributed by atoms with Gasteiger partial charge in [-0.05, 0) is 6.07 Å². The molecule has 0 aliphatic carbocycles. The number of non-ortho nitro benzene ring substituents is 1. The maximum absolute atomic E-state index is 10.8. The summed E-state index contributed by atoms with van der Waals surface area (Å²) in [5, 5.41) is 19.9. The van der Waals surface area contributed by atoms with E-state index in [2.05, 4.69) is 25.9 Å². The van der Waals surface area contributed by atoms with Crippen molar-refractivity contribution in [3.63, 3.8) is 0 Å². The Morgan fingerprint density at radius 1 is 1.35 bits per heavy atom. The van der Waals surface area contributed by atoms with E-state index in [1.54, 1.807) is 0 Å². The van der Waals surface area contributed by atoms with Gasteiger partial charge in [0.2, 0.25) is 5.95 Å². The first-order valence-corrected chi connectivity index (χ1v) is 6.00. The molecular formula is C11H7BrN6O2. The highest BCUT2D eigenvalue weighted by Gasteiger charge is 2.18. The van der Waals surface area contributed by atoms with Gasteiger partial charge in [0.25, 0.3) is 5.69 Å². The molecule has 0 radical (unpaired) electrons. The molecule has 1 heterocycles. The van der Waals surface area contributed by atoms with Gasteiger partial charge in [-0.3, -0.25) is 10.1 Å².